The van der Waals surface area contributed by atoms with Crippen molar-refractivity contribution in [2.75, 3.05) is 26.4 Å². The van der Waals surface area contributed by atoms with E-state index in [0.29, 0.717) is 0 Å². The molecular weight excluding hydrogens is 256 g/mol. The summed E-state index contributed by atoms with van der Waals surface area (Å²) < 4.78 is 10.2. The zero-order valence-electron chi connectivity index (χ0n) is 10.1. The lowest BCUT2D eigenvalue weighted by Gasteiger charge is -2.19. The maximum atomic E-state index is 10.8. The molecule has 0 saturated heterocycles. The molecule has 0 spiro atoms. The van der Waals surface area contributed by atoms with Crippen LogP contribution in [0.4, 0.5) is 0 Å². The normalized spacial score (nSPS) is 18.9. The van der Waals surface area contributed by atoms with Gasteiger partial charge in [0.25, 0.3) is 5.70 Å². The third-order valence-corrected chi connectivity index (χ3v) is 2.43. The molecule has 0 bridgehead atoms. The Bertz CT molecular complexity index is 437. The molecule has 0 aromatic carbocycles. The average molecular weight is 270 g/mol. The van der Waals surface area contributed by atoms with Crippen LogP contribution in [0.3, 0.4) is 0 Å². The number of aliphatic hydroxyl groups is 2. The highest BCUT2D eigenvalue weighted by atomic mass is 16.6. The van der Waals surface area contributed by atoms with E-state index in [1.54, 1.807) is 6.07 Å². The summed E-state index contributed by atoms with van der Waals surface area (Å²) in [5.41, 5.74) is -0.444. The van der Waals surface area contributed by atoms with Crippen LogP contribution in [0.2, 0.25) is 0 Å². The number of hydrogen-bond donors (Lipinski definition) is 2. The smallest absolute Gasteiger partial charge is 0.267 e. The molecular formula is C11H14N2O6. The lowest BCUT2D eigenvalue weighted by molar-refractivity contribution is -0.430. The van der Waals surface area contributed by atoms with Crippen LogP contribution in [0.5, 0.6) is 0 Å². The van der Waals surface area contributed by atoms with Crippen molar-refractivity contribution < 1.29 is 24.6 Å². The van der Waals surface area contributed by atoms with E-state index < -0.39 is 11.0 Å². The standard InChI is InChI=1S/C11H14N2O6/c12-7-8-5-10(15)11(6-9(8)13(16)17)19-4-3-18-2-1-14/h5,11,14-15H,1-4,6H2. The average Bonchev–Trinajstić information content (AvgIpc) is 2.39. The van der Waals surface area contributed by atoms with E-state index in [4.69, 9.17) is 19.8 Å². The van der Waals surface area contributed by atoms with Crippen molar-refractivity contribution in [3.05, 3.63) is 33.2 Å². The molecule has 0 heterocycles. The molecule has 0 aromatic heterocycles. The Balaban J connectivity index is 2.56. The van der Waals surface area contributed by atoms with E-state index in [1.165, 1.54) is 0 Å². The summed E-state index contributed by atoms with van der Waals surface area (Å²) in [7, 11) is 0. The Morgan fingerprint density at radius 3 is 2.84 bits per heavy atom. The van der Waals surface area contributed by atoms with Gasteiger partial charge in [0.05, 0.1) is 37.8 Å². The first-order valence-corrected chi connectivity index (χ1v) is 5.58. The number of nitro groups is 1. The molecule has 8 nitrogen and oxygen atoms in total. The van der Waals surface area contributed by atoms with Gasteiger partial charge in [-0.05, 0) is 0 Å². The highest BCUT2D eigenvalue weighted by Crippen LogP contribution is 2.25. The van der Waals surface area contributed by atoms with Crippen LogP contribution < -0.4 is 0 Å². The monoisotopic (exact) mass is 270 g/mol. The first-order valence-electron chi connectivity index (χ1n) is 5.58. The molecule has 0 aromatic rings. The van der Waals surface area contributed by atoms with Gasteiger partial charge in [0.2, 0.25) is 0 Å². The number of allylic oxidation sites excluding steroid dienone is 2. The number of nitriles is 1. The van der Waals surface area contributed by atoms with E-state index in [2.05, 4.69) is 0 Å². The highest BCUT2D eigenvalue weighted by Gasteiger charge is 2.30. The van der Waals surface area contributed by atoms with Crippen LogP contribution in [-0.2, 0) is 9.47 Å². The van der Waals surface area contributed by atoms with E-state index in [1.807, 2.05) is 0 Å². The number of ether oxygens (including phenoxy) is 2. The van der Waals surface area contributed by atoms with Crippen molar-refractivity contribution >= 4 is 0 Å². The topological polar surface area (TPSA) is 126 Å². The fourth-order valence-electron chi connectivity index (χ4n) is 1.54. The van der Waals surface area contributed by atoms with Crippen molar-refractivity contribution in [1.82, 2.24) is 0 Å². The summed E-state index contributed by atoms with van der Waals surface area (Å²) in [6.45, 7) is 0.394. The maximum Gasteiger partial charge on any atom is 0.267 e. The van der Waals surface area contributed by atoms with Gasteiger partial charge in [-0.2, -0.15) is 5.26 Å². The maximum absolute atomic E-state index is 10.8. The SMILES string of the molecule is N#CC1=C([N+](=O)[O-])CC(OCCOCCO)C(O)=C1. The van der Waals surface area contributed by atoms with Gasteiger partial charge in [0, 0.05) is 6.08 Å². The first kappa shape index (κ1) is 15.1. The van der Waals surface area contributed by atoms with Gasteiger partial charge >= 0.3 is 0 Å². The summed E-state index contributed by atoms with van der Waals surface area (Å²) in [6, 6.07) is 1.66. The molecule has 0 radical (unpaired) electrons. The number of hydrogen-bond acceptors (Lipinski definition) is 7. The van der Waals surface area contributed by atoms with Gasteiger partial charge in [-0.15, -0.1) is 0 Å². The molecule has 1 aliphatic carbocycles. The van der Waals surface area contributed by atoms with E-state index >= 15 is 0 Å². The Labute approximate surface area is 109 Å². The van der Waals surface area contributed by atoms with Gasteiger partial charge in [-0.25, -0.2) is 0 Å². The van der Waals surface area contributed by atoms with Gasteiger partial charge in [-0.3, -0.25) is 10.1 Å². The van der Waals surface area contributed by atoms with Crippen LogP contribution >= 0.6 is 0 Å². The summed E-state index contributed by atoms with van der Waals surface area (Å²) in [4.78, 5) is 10.1. The zero-order chi connectivity index (χ0) is 14.3. The predicted molar refractivity (Wildman–Crippen MR) is 62.6 cm³/mol. The number of rotatable bonds is 7. The highest BCUT2D eigenvalue weighted by molar-refractivity contribution is 5.40. The van der Waals surface area contributed by atoms with Crippen LogP contribution in [0, 0.1) is 21.4 Å². The molecule has 0 aliphatic heterocycles. The van der Waals surface area contributed by atoms with Crippen LogP contribution in [0.1, 0.15) is 6.42 Å². The van der Waals surface area contributed by atoms with Crippen molar-refractivity contribution in [2.45, 2.75) is 12.5 Å². The molecule has 1 rings (SSSR count). The van der Waals surface area contributed by atoms with Crippen LogP contribution in [0.25, 0.3) is 0 Å². The lowest BCUT2D eigenvalue weighted by atomic mass is 10.0. The summed E-state index contributed by atoms with van der Waals surface area (Å²) in [6.07, 6.45) is 0.0225. The minimum absolute atomic E-state index is 0.103. The molecule has 1 unspecified atom stereocenters. The molecule has 0 fully saturated rings. The van der Waals surface area contributed by atoms with E-state index in [0.717, 1.165) is 6.08 Å². The molecule has 1 aliphatic rings. The minimum atomic E-state index is -0.852. The molecule has 2 N–H and O–H groups in total. The van der Waals surface area contributed by atoms with Crippen molar-refractivity contribution in [3.63, 3.8) is 0 Å². The van der Waals surface area contributed by atoms with E-state index in [-0.39, 0.29) is 49.9 Å². The Morgan fingerprint density at radius 1 is 1.53 bits per heavy atom. The Hall–Kier alpha value is -1.95. The zero-order valence-corrected chi connectivity index (χ0v) is 10.1. The summed E-state index contributed by atoms with van der Waals surface area (Å²) in [5.74, 6) is -0.218. The van der Waals surface area contributed by atoms with Gasteiger partial charge < -0.3 is 19.7 Å². The molecule has 0 amide bonds. The van der Waals surface area contributed by atoms with Crippen LogP contribution in [-0.4, -0.2) is 47.7 Å². The number of aliphatic hydroxyl groups excluding tert-OH is 2. The Morgan fingerprint density at radius 2 is 2.26 bits per heavy atom. The number of nitrogens with zero attached hydrogens (tertiary/aromatic N) is 2. The minimum Gasteiger partial charge on any atom is -0.509 e. The van der Waals surface area contributed by atoms with Crippen molar-refractivity contribution in [1.29, 1.82) is 5.26 Å². The summed E-state index contributed by atoms with van der Waals surface area (Å²) >= 11 is 0. The van der Waals surface area contributed by atoms with Gasteiger partial charge in [-0.1, -0.05) is 0 Å². The largest absolute Gasteiger partial charge is 0.509 e. The molecule has 104 valence electrons. The molecule has 8 heteroatoms. The third-order valence-electron chi connectivity index (χ3n) is 2.43. The quantitative estimate of drug-likeness (QED) is 0.386. The molecule has 19 heavy (non-hydrogen) atoms. The second-order valence-electron chi connectivity index (χ2n) is 3.70. The van der Waals surface area contributed by atoms with Gasteiger partial charge in [0.1, 0.15) is 23.5 Å². The Kier molecular flexibility index (Phi) is 5.95. The van der Waals surface area contributed by atoms with Gasteiger partial charge in [0.15, 0.2) is 0 Å². The van der Waals surface area contributed by atoms with Crippen molar-refractivity contribution in [2.24, 2.45) is 0 Å². The fourth-order valence-corrected chi connectivity index (χ4v) is 1.54. The molecule has 1 atom stereocenters. The second-order valence-corrected chi connectivity index (χ2v) is 3.70. The van der Waals surface area contributed by atoms with E-state index in [9.17, 15) is 15.2 Å². The van der Waals surface area contributed by atoms with Crippen molar-refractivity contribution in [3.8, 4) is 6.07 Å². The summed E-state index contributed by atoms with van der Waals surface area (Å²) in [5, 5.41) is 37.6. The first-order chi connectivity index (χ1) is 9.10. The molecule has 0 saturated carbocycles. The fraction of sp³-hybridized carbons (Fsp3) is 0.545. The lowest BCUT2D eigenvalue weighted by Crippen LogP contribution is -2.25. The van der Waals surface area contributed by atoms with Crippen LogP contribution in [0.15, 0.2) is 23.1 Å². The third kappa shape index (κ3) is 4.33. The predicted octanol–water partition coefficient (Wildman–Crippen LogP) is 0.280. The second kappa shape index (κ2) is 7.48.